The molecule has 0 aromatic heterocycles. The van der Waals surface area contributed by atoms with Crippen LogP contribution >= 0.6 is 0 Å². The van der Waals surface area contributed by atoms with E-state index in [1.54, 1.807) is 0 Å². The molecule has 0 aliphatic heterocycles. The molecule has 0 aliphatic rings. The maximum Gasteiger partial charge on any atom is 1.00 e. The second kappa shape index (κ2) is 26.9. The molecule has 0 saturated carbocycles. The van der Waals surface area contributed by atoms with Gasteiger partial charge in [0, 0.05) is 26.8 Å². The van der Waals surface area contributed by atoms with E-state index in [1.807, 2.05) is 14.1 Å². The van der Waals surface area contributed by atoms with Gasteiger partial charge < -0.3 is 36.8 Å². The number of hydrogen-bond acceptors (Lipinski definition) is 5. The van der Waals surface area contributed by atoms with Crippen molar-refractivity contribution in [3.8, 4) is 0 Å². The number of carbonyl (C=O) groups excluding carboxylic acids is 3. The Hall–Kier alpha value is -0.340. The third-order valence-electron chi connectivity index (χ3n) is 4.67. The first-order valence-electron chi connectivity index (χ1n) is 11.5. The summed E-state index contributed by atoms with van der Waals surface area (Å²) in [5.74, 6) is -1.26. The van der Waals surface area contributed by atoms with Gasteiger partial charge in [0.25, 0.3) is 0 Å². The molecule has 32 heavy (non-hydrogen) atoms. The van der Waals surface area contributed by atoms with Crippen molar-refractivity contribution in [1.29, 1.82) is 0 Å². The zero-order valence-electron chi connectivity index (χ0n) is 21.5. The number of nitrogens with zero attached hydrogens (tertiary/aromatic N) is 1. The molecule has 186 valence electrons. The first-order chi connectivity index (χ1) is 14.1. The van der Waals surface area contributed by atoms with Crippen molar-refractivity contribution in [2.24, 2.45) is 0 Å². The summed E-state index contributed by atoms with van der Waals surface area (Å²) in [4.78, 5) is 31.4. The van der Waals surface area contributed by atoms with Crippen LogP contribution in [0.2, 0.25) is 0 Å². The Morgan fingerprint density at radius 2 is 1.31 bits per heavy atom. The molecule has 0 aromatic rings. The standard InChI is InChI=1S/C14H28O2.C9H18N2O3.ClH.Na/c1-3-4-5-6-7-8-9-10-11-12-13-16-14(2)15;1-8(12)10-5-4-6-11(2,3)7-9(13)14;;/h3-13H2,1-2H3;4-7H2,1-3H3,(H-,10,12,13,14);1H;/q;;;+1/p-1. The summed E-state index contributed by atoms with van der Waals surface area (Å²) in [5.41, 5.74) is 0. The molecule has 0 fully saturated rings. The largest absolute Gasteiger partial charge is 1.00 e. The average Bonchev–Trinajstić information content (AvgIpc) is 2.62. The second-order valence-corrected chi connectivity index (χ2v) is 8.55. The van der Waals surface area contributed by atoms with Crippen LogP contribution in [-0.2, 0) is 19.1 Å². The number of hydrogen-bond donors (Lipinski definition) is 1. The van der Waals surface area contributed by atoms with Gasteiger partial charge in [0.1, 0.15) is 6.54 Å². The molecule has 1 N–H and O–H groups in total. The molecular formula is C23H46ClN2NaO5. The predicted octanol–water partition coefficient (Wildman–Crippen LogP) is -3.18. The number of quaternary nitrogens is 1. The minimum absolute atomic E-state index is 0. The number of likely N-dealkylation sites (N-methyl/N-ethyl adjacent to an activating group) is 1. The Labute approximate surface area is 224 Å². The third-order valence-corrected chi connectivity index (χ3v) is 4.67. The van der Waals surface area contributed by atoms with Crippen LogP contribution in [-0.4, -0.2) is 62.7 Å². The van der Waals surface area contributed by atoms with Crippen LogP contribution in [0.1, 0.15) is 91.4 Å². The Morgan fingerprint density at radius 3 is 1.72 bits per heavy atom. The fourth-order valence-corrected chi connectivity index (χ4v) is 3.01. The topological polar surface area (TPSA) is 95.5 Å². The van der Waals surface area contributed by atoms with E-state index in [-0.39, 0.29) is 60.4 Å². The van der Waals surface area contributed by atoms with E-state index in [0.717, 1.165) is 12.8 Å². The third kappa shape index (κ3) is 37.0. The van der Waals surface area contributed by atoms with E-state index in [4.69, 9.17) is 4.74 Å². The van der Waals surface area contributed by atoms with E-state index >= 15 is 0 Å². The van der Waals surface area contributed by atoms with Crippen molar-refractivity contribution in [2.75, 3.05) is 40.3 Å². The molecule has 0 aromatic carbocycles. The van der Waals surface area contributed by atoms with Crippen molar-refractivity contribution in [3.05, 3.63) is 0 Å². The molecule has 0 heterocycles. The Kier molecular flexibility index (Phi) is 32.7. The molecule has 7 nitrogen and oxygen atoms in total. The van der Waals surface area contributed by atoms with Crippen LogP contribution in [0, 0.1) is 0 Å². The van der Waals surface area contributed by atoms with Crippen molar-refractivity contribution >= 4 is 17.8 Å². The minimum atomic E-state index is -1.05. The summed E-state index contributed by atoms with van der Waals surface area (Å²) in [6.07, 6.45) is 13.9. The quantitative estimate of drug-likeness (QED) is 0.101. The van der Waals surface area contributed by atoms with Crippen LogP contribution in [0.5, 0.6) is 0 Å². The smallest absolute Gasteiger partial charge is 1.00 e. The van der Waals surface area contributed by atoms with Crippen LogP contribution in [0.3, 0.4) is 0 Å². The zero-order chi connectivity index (χ0) is 23.3. The molecule has 0 bridgehead atoms. The van der Waals surface area contributed by atoms with E-state index in [0.29, 0.717) is 24.2 Å². The number of nitrogens with one attached hydrogen (secondary N) is 1. The Balaban J connectivity index is -0.000000232. The maximum atomic E-state index is 10.5. The van der Waals surface area contributed by atoms with E-state index in [1.165, 1.54) is 71.6 Å². The zero-order valence-corrected chi connectivity index (χ0v) is 24.2. The number of esters is 1. The monoisotopic (exact) mass is 488 g/mol. The Bertz CT molecular complexity index is 466. The van der Waals surface area contributed by atoms with Gasteiger partial charge in [-0.15, -0.1) is 0 Å². The maximum absolute atomic E-state index is 10.5. The first kappa shape index (κ1) is 38.9. The van der Waals surface area contributed by atoms with Gasteiger partial charge in [-0.25, -0.2) is 0 Å². The van der Waals surface area contributed by atoms with E-state index in [2.05, 4.69) is 12.2 Å². The number of carboxylic acids is 1. The number of carboxylic acid groups (broad SMARTS) is 1. The fourth-order valence-electron chi connectivity index (χ4n) is 3.01. The number of rotatable bonds is 17. The average molecular weight is 489 g/mol. The van der Waals surface area contributed by atoms with Crippen molar-refractivity contribution in [3.63, 3.8) is 0 Å². The minimum Gasteiger partial charge on any atom is -1.00 e. The normalized spacial score (nSPS) is 10.0. The SMILES string of the molecule is CC(=O)NCCC[N+](C)(C)CC(=O)[O-].CCCCCCCCCCCCOC(C)=O.[Cl-].[Na+]. The summed E-state index contributed by atoms with van der Waals surface area (Å²) >= 11 is 0. The Morgan fingerprint density at radius 1 is 0.844 bits per heavy atom. The van der Waals surface area contributed by atoms with Gasteiger partial charge >= 0.3 is 35.5 Å². The second-order valence-electron chi connectivity index (χ2n) is 8.55. The van der Waals surface area contributed by atoms with Crippen LogP contribution < -0.4 is 52.4 Å². The van der Waals surface area contributed by atoms with Crippen molar-refractivity contribution in [2.45, 2.75) is 91.4 Å². The van der Waals surface area contributed by atoms with Crippen molar-refractivity contribution < 1.29 is 70.7 Å². The van der Waals surface area contributed by atoms with Gasteiger partial charge in [-0.3, -0.25) is 9.59 Å². The molecule has 1 amide bonds. The molecule has 0 atom stereocenters. The molecule has 0 rings (SSSR count). The van der Waals surface area contributed by atoms with Gasteiger partial charge in [0.05, 0.1) is 33.2 Å². The number of ether oxygens (including phenoxy) is 1. The molecule has 0 radical (unpaired) electrons. The number of carbonyl (C=O) groups is 3. The van der Waals surface area contributed by atoms with Gasteiger partial charge in [-0.1, -0.05) is 64.7 Å². The molecule has 0 unspecified atom stereocenters. The van der Waals surface area contributed by atoms with Crippen LogP contribution in [0.15, 0.2) is 0 Å². The first-order valence-corrected chi connectivity index (χ1v) is 11.5. The van der Waals surface area contributed by atoms with Gasteiger partial charge in [-0.05, 0) is 6.42 Å². The summed E-state index contributed by atoms with van der Waals surface area (Å²) < 4.78 is 5.25. The van der Waals surface area contributed by atoms with Crippen LogP contribution in [0.25, 0.3) is 0 Å². The fraction of sp³-hybridized carbons (Fsp3) is 0.870. The predicted molar refractivity (Wildman–Crippen MR) is 119 cm³/mol. The van der Waals surface area contributed by atoms with Gasteiger partial charge in [0.15, 0.2) is 0 Å². The van der Waals surface area contributed by atoms with Crippen LogP contribution in [0.4, 0.5) is 0 Å². The molecule has 0 aliphatic carbocycles. The number of aliphatic carboxylic acids is 1. The number of amides is 1. The molecular weight excluding hydrogens is 443 g/mol. The van der Waals surface area contributed by atoms with E-state index in [9.17, 15) is 19.5 Å². The number of unbranched alkanes of at least 4 members (excludes halogenated alkanes) is 9. The van der Waals surface area contributed by atoms with Gasteiger partial charge in [0.2, 0.25) is 5.91 Å². The van der Waals surface area contributed by atoms with E-state index < -0.39 is 5.97 Å². The van der Waals surface area contributed by atoms with Crippen molar-refractivity contribution in [1.82, 2.24) is 5.32 Å². The van der Waals surface area contributed by atoms with Gasteiger partial charge in [-0.2, -0.15) is 0 Å². The molecule has 9 heteroatoms. The number of halogens is 1. The summed E-state index contributed by atoms with van der Waals surface area (Å²) in [6, 6.07) is 0. The molecule has 0 saturated heterocycles. The summed E-state index contributed by atoms with van der Waals surface area (Å²) in [5, 5.41) is 13.0. The molecule has 0 spiro atoms. The summed E-state index contributed by atoms with van der Waals surface area (Å²) in [6.45, 7) is 7.07. The summed E-state index contributed by atoms with van der Waals surface area (Å²) in [7, 11) is 3.65.